The summed E-state index contributed by atoms with van der Waals surface area (Å²) in [6.45, 7) is 3.45. The maximum absolute atomic E-state index is 14.7. The third-order valence-electron chi connectivity index (χ3n) is 7.56. The van der Waals surface area contributed by atoms with E-state index >= 15 is 0 Å². The second-order valence-electron chi connectivity index (χ2n) is 10.5. The van der Waals surface area contributed by atoms with Crippen LogP contribution in [0.1, 0.15) is 54.1 Å². The van der Waals surface area contributed by atoms with Gasteiger partial charge in [0.2, 0.25) is 11.5 Å². The first-order valence-electron chi connectivity index (χ1n) is 13.9. The van der Waals surface area contributed by atoms with Crippen molar-refractivity contribution in [3.8, 4) is 16.8 Å². The number of carbonyl (C=O) groups is 3. The number of aromatic nitrogens is 3. The summed E-state index contributed by atoms with van der Waals surface area (Å²) in [4.78, 5) is 58.4. The summed E-state index contributed by atoms with van der Waals surface area (Å²) in [5.41, 5.74) is 2.49. The highest BCUT2D eigenvalue weighted by molar-refractivity contribution is 6.30. The Hall–Kier alpha value is -4.97. The van der Waals surface area contributed by atoms with E-state index in [0.29, 0.717) is 53.2 Å². The highest BCUT2D eigenvalue weighted by Crippen LogP contribution is 2.33. The van der Waals surface area contributed by atoms with Crippen molar-refractivity contribution in [1.29, 1.82) is 0 Å². The van der Waals surface area contributed by atoms with Gasteiger partial charge in [-0.25, -0.2) is 14.2 Å². The summed E-state index contributed by atoms with van der Waals surface area (Å²) >= 11 is 5.96. The van der Waals surface area contributed by atoms with Crippen molar-refractivity contribution < 1.29 is 23.5 Å². The molecule has 0 unspecified atom stereocenters. The first-order valence-corrected chi connectivity index (χ1v) is 14.3. The molecule has 0 saturated heterocycles. The predicted molar refractivity (Wildman–Crippen MR) is 164 cm³/mol. The molecule has 2 aromatic carbocycles. The van der Waals surface area contributed by atoms with E-state index in [9.17, 15) is 23.6 Å². The molecule has 2 bridgehead atoms. The Labute approximate surface area is 256 Å². The Bertz CT molecular complexity index is 1820. The second kappa shape index (κ2) is 12.7. The molecule has 44 heavy (non-hydrogen) atoms. The van der Waals surface area contributed by atoms with E-state index < -0.39 is 29.4 Å². The lowest BCUT2D eigenvalue weighted by Gasteiger charge is -2.22. The van der Waals surface area contributed by atoms with Gasteiger partial charge in [-0.3, -0.25) is 24.3 Å². The Morgan fingerprint density at radius 2 is 1.93 bits per heavy atom. The van der Waals surface area contributed by atoms with E-state index in [-0.39, 0.29) is 28.2 Å². The molecule has 3 amide bonds. The number of nitrogens with zero attached hydrogens (tertiary/aromatic N) is 2. The molecule has 13 heteroatoms. The average Bonchev–Trinajstić information content (AvgIpc) is 3.38. The first kappa shape index (κ1) is 30.5. The van der Waals surface area contributed by atoms with Gasteiger partial charge in [-0.05, 0) is 55.7 Å². The van der Waals surface area contributed by atoms with E-state index in [4.69, 9.17) is 11.6 Å². The van der Waals surface area contributed by atoms with E-state index in [2.05, 4.69) is 30.7 Å². The molecule has 0 fully saturated rings. The number of hydrogen-bond acceptors (Lipinski definition) is 6. The predicted octanol–water partition coefficient (Wildman–Crippen LogP) is 5.74. The van der Waals surface area contributed by atoms with E-state index in [1.807, 2.05) is 0 Å². The second-order valence-corrected chi connectivity index (χ2v) is 10.9. The largest absolute Gasteiger partial charge is 0.453 e. The Balaban J connectivity index is 1.52. The van der Waals surface area contributed by atoms with Gasteiger partial charge in [0.1, 0.15) is 12.0 Å². The minimum atomic E-state index is -0.674. The number of anilines is 2. The van der Waals surface area contributed by atoms with Gasteiger partial charge in [0.05, 0.1) is 35.2 Å². The Morgan fingerprint density at radius 1 is 1.14 bits per heavy atom. The van der Waals surface area contributed by atoms with Crippen LogP contribution in [0.2, 0.25) is 5.02 Å². The van der Waals surface area contributed by atoms with Crippen LogP contribution >= 0.6 is 11.6 Å². The lowest BCUT2D eigenvalue weighted by molar-refractivity contribution is -0.119. The molecular formula is C31H30ClFN6O5. The number of H-pyrrole nitrogens is 1. The number of nitrogens with one attached hydrogen (secondary N) is 4. The fourth-order valence-corrected chi connectivity index (χ4v) is 5.32. The molecule has 2 aromatic heterocycles. The third-order valence-corrected chi connectivity index (χ3v) is 7.85. The monoisotopic (exact) mass is 620 g/mol. The molecule has 2 atom stereocenters. The highest BCUT2D eigenvalue weighted by atomic mass is 35.5. The summed E-state index contributed by atoms with van der Waals surface area (Å²) < 4.78 is 20.8. The van der Waals surface area contributed by atoms with E-state index in [0.717, 1.165) is 0 Å². The standard InChI is InChI=1S/C31H30ClFN6O5/c1-16-6-4-8-22(37-30(42)28-17(2)39(15-34-28)25-9-5-7-21(32)27(25)33)24-12-18(13-26(40)36-24)20-11-10-19(35-31(43)44-3)14-23(20)38-29(16)41/h5,7,9-16,22H,4,6,8H2,1-3H3,(H,35,43)(H,36,40)(H,37,42)(H,38,41)/t16-,22+/m1/s1. The van der Waals surface area contributed by atoms with Crippen LogP contribution in [-0.2, 0) is 9.53 Å². The first-order chi connectivity index (χ1) is 21.0. The van der Waals surface area contributed by atoms with Gasteiger partial charge in [-0.1, -0.05) is 37.1 Å². The number of benzene rings is 2. The number of methoxy groups -OCH3 is 1. The van der Waals surface area contributed by atoms with Gasteiger partial charge < -0.3 is 20.4 Å². The van der Waals surface area contributed by atoms with Crippen molar-refractivity contribution >= 4 is 40.9 Å². The Morgan fingerprint density at radius 3 is 2.70 bits per heavy atom. The minimum Gasteiger partial charge on any atom is -0.453 e. The summed E-state index contributed by atoms with van der Waals surface area (Å²) in [6.07, 6.45) is 2.14. The molecule has 11 nitrogen and oxygen atoms in total. The third kappa shape index (κ3) is 6.35. The number of carbonyl (C=O) groups excluding carboxylic acids is 3. The van der Waals surface area contributed by atoms with Gasteiger partial charge in [0.15, 0.2) is 5.82 Å². The number of pyridine rings is 1. The highest BCUT2D eigenvalue weighted by Gasteiger charge is 2.25. The molecule has 0 aliphatic carbocycles. The van der Waals surface area contributed by atoms with Crippen molar-refractivity contribution in [1.82, 2.24) is 19.9 Å². The van der Waals surface area contributed by atoms with Gasteiger partial charge >= 0.3 is 6.09 Å². The SMILES string of the molecule is COC(=O)Nc1ccc2c(c1)NC(=O)[C@H](C)CCC[C@H](NC(=O)c1ncn(-c3cccc(Cl)c3F)c1C)c1cc-2cc(=O)[nH]1. The number of fused-ring (bicyclic) bond motifs is 4. The molecule has 4 N–H and O–H groups in total. The molecule has 4 aromatic rings. The van der Waals surface area contributed by atoms with Crippen LogP contribution in [-0.4, -0.2) is 39.6 Å². The zero-order valence-corrected chi connectivity index (χ0v) is 24.9. The van der Waals surface area contributed by atoms with Crippen molar-refractivity contribution in [3.63, 3.8) is 0 Å². The molecule has 3 heterocycles. The van der Waals surface area contributed by atoms with E-state index in [1.54, 1.807) is 44.2 Å². The molecule has 1 aliphatic heterocycles. The molecule has 1 aliphatic rings. The van der Waals surface area contributed by atoms with Crippen LogP contribution in [0.25, 0.3) is 16.8 Å². The number of aromatic amines is 1. The maximum atomic E-state index is 14.7. The van der Waals surface area contributed by atoms with Crippen molar-refractivity contribution in [3.05, 3.63) is 93.1 Å². The molecule has 0 saturated carbocycles. The fraction of sp³-hybridized carbons (Fsp3) is 0.258. The normalized spacial score (nSPS) is 16.5. The Kier molecular flexibility index (Phi) is 8.81. The number of imidazole rings is 1. The van der Waals surface area contributed by atoms with Crippen molar-refractivity contribution in [2.45, 2.75) is 39.2 Å². The smallest absolute Gasteiger partial charge is 0.411 e. The molecular weight excluding hydrogens is 591 g/mol. The van der Waals surface area contributed by atoms with Crippen LogP contribution in [0.4, 0.5) is 20.6 Å². The summed E-state index contributed by atoms with van der Waals surface area (Å²) in [5, 5.41) is 8.42. The van der Waals surface area contributed by atoms with Crippen molar-refractivity contribution in [2.24, 2.45) is 5.92 Å². The minimum absolute atomic E-state index is 0.0564. The van der Waals surface area contributed by atoms with Gasteiger partial charge in [0.25, 0.3) is 5.91 Å². The number of halogens is 2. The van der Waals surface area contributed by atoms with Gasteiger partial charge in [-0.2, -0.15) is 0 Å². The quantitative estimate of drug-likeness (QED) is 0.229. The average molecular weight is 621 g/mol. The zero-order valence-electron chi connectivity index (χ0n) is 24.2. The molecule has 5 rings (SSSR count). The summed E-state index contributed by atoms with van der Waals surface area (Å²) in [5.74, 6) is -1.76. The number of hydrogen-bond donors (Lipinski definition) is 4. The maximum Gasteiger partial charge on any atom is 0.411 e. The van der Waals surface area contributed by atoms with Crippen LogP contribution in [0.5, 0.6) is 0 Å². The number of amides is 3. The molecule has 228 valence electrons. The van der Waals surface area contributed by atoms with Crippen LogP contribution < -0.4 is 21.5 Å². The van der Waals surface area contributed by atoms with E-state index in [1.165, 1.54) is 36.2 Å². The molecule has 0 spiro atoms. The van der Waals surface area contributed by atoms with Gasteiger partial charge in [0, 0.05) is 28.9 Å². The van der Waals surface area contributed by atoms with Crippen LogP contribution in [0.15, 0.2) is 59.7 Å². The lowest BCUT2D eigenvalue weighted by atomic mass is 9.95. The van der Waals surface area contributed by atoms with Crippen LogP contribution in [0.3, 0.4) is 0 Å². The summed E-state index contributed by atoms with van der Waals surface area (Å²) in [6, 6.07) is 11.9. The number of rotatable bonds is 4. The van der Waals surface area contributed by atoms with Crippen molar-refractivity contribution in [2.75, 3.05) is 17.7 Å². The molecule has 0 radical (unpaired) electrons. The zero-order chi connectivity index (χ0) is 31.5. The summed E-state index contributed by atoms with van der Waals surface area (Å²) in [7, 11) is 1.24. The lowest BCUT2D eigenvalue weighted by Crippen LogP contribution is -2.31. The fourth-order valence-electron chi connectivity index (χ4n) is 5.16. The topological polar surface area (TPSA) is 147 Å². The number of ether oxygens (including phenoxy) is 1. The van der Waals surface area contributed by atoms with Gasteiger partial charge in [-0.15, -0.1) is 0 Å². The van der Waals surface area contributed by atoms with Crippen LogP contribution in [0, 0.1) is 18.7 Å².